The van der Waals surface area contributed by atoms with Crippen LogP contribution in [0.5, 0.6) is 5.75 Å². The van der Waals surface area contributed by atoms with Gasteiger partial charge in [0.15, 0.2) is 0 Å². The molecule has 13 heavy (non-hydrogen) atoms. The summed E-state index contributed by atoms with van der Waals surface area (Å²) in [7, 11) is 0. The lowest BCUT2D eigenvalue weighted by Gasteiger charge is -2.21. The first-order valence-electron chi connectivity index (χ1n) is 4.40. The monoisotopic (exact) mass is 241 g/mol. The van der Waals surface area contributed by atoms with Crippen LogP contribution in [0.3, 0.4) is 0 Å². The fraction of sp³-hybridized carbons (Fsp3) is 0.400. The summed E-state index contributed by atoms with van der Waals surface area (Å²) in [4.78, 5) is 0. The van der Waals surface area contributed by atoms with E-state index in [-0.39, 0.29) is 0 Å². The molecular formula is C10H12BrNO. The van der Waals surface area contributed by atoms with Gasteiger partial charge in [0.25, 0.3) is 0 Å². The van der Waals surface area contributed by atoms with Crippen LogP contribution in [-0.2, 0) is 13.0 Å². The molecular weight excluding hydrogens is 230 g/mol. The number of aryl methyl sites for hydroxylation is 1. The molecule has 0 saturated heterocycles. The molecule has 0 saturated carbocycles. The van der Waals surface area contributed by atoms with Gasteiger partial charge in [-0.1, -0.05) is 0 Å². The summed E-state index contributed by atoms with van der Waals surface area (Å²) in [6.45, 7) is 3.88. The number of hydrogen-bond acceptors (Lipinski definition) is 2. The standard InChI is InChI=1S/C10H12BrNO/c1-6-4-9(11)10(13)8-5-12-3-2-7(6)8/h4,12-13H,2-3,5H2,1H3. The van der Waals surface area contributed by atoms with Crippen LogP contribution in [0.15, 0.2) is 10.5 Å². The van der Waals surface area contributed by atoms with Gasteiger partial charge >= 0.3 is 0 Å². The molecule has 0 fully saturated rings. The number of benzene rings is 1. The van der Waals surface area contributed by atoms with E-state index in [0.29, 0.717) is 5.75 Å². The van der Waals surface area contributed by atoms with Crippen molar-refractivity contribution in [2.45, 2.75) is 19.9 Å². The first kappa shape index (κ1) is 9.03. The van der Waals surface area contributed by atoms with Gasteiger partial charge in [0.2, 0.25) is 0 Å². The van der Waals surface area contributed by atoms with E-state index >= 15 is 0 Å². The van der Waals surface area contributed by atoms with Crippen LogP contribution >= 0.6 is 15.9 Å². The highest BCUT2D eigenvalue weighted by Crippen LogP contribution is 2.34. The summed E-state index contributed by atoms with van der Waals surface area (Å²) >= 11 is 3.35. The fourth-order valence-corrected chi connectivity index (χ4v) is 2.42. The molecule has 0 aromatic heterocycles. The summed E-state index contributed by atoms with van der Waals surface area (Å²) in [6.07, 6.45) is 1.02. The van der Waals surface area contributed by atoms with Crippen molar-refractivity contribution < 1.29 is 5.11 Å². The number of fused-ring (bicyclic) bond motifs is 1. The Balaban J connectivity index is 2.63. The molecule has 2 nitrogen and oxygen atoms in total. The normalized spacial score (nSPS) is 15.5. The molecule has 0 radical (unpaired) electrons. The van der Waals surface area contributed by atoms with Gasteiger partial charge in [0.05, 0.1) is 4.47 Å². The summed E-state index contributed by atoms with van der Waals surface area (Å²) in [5.74, 6) is 0.396. The molecule has 3 heteroatoms. The van der Waals surface area contributed by atoms with Crippen molar-refractivity contribution >= 4 is 15.9 Å². The highest BCUT2D eigenvalue weighted by Gasteiger charge is 2.16. The average Bonchev–Trinajstić information content (AvgIpc) is 2.15. The van der Waals surface area contributed by atoms with Crippen molar-refractivity contribution in [3.05, 3.63) is 27.2 Å². The Morgan fingerprint density at radius 2 is 2.23 bits per heavy atom. The second kappa shape index (κ2) is 3.31. The van der Waals surface area contributed by atoms with Gasteiger partial charge in [0, 0.05) is 12.1 Å². The Morgan fingerprint density at radius 3 is 3.00 bits per heavy atom. The number of hydrogen-bond donors (Lipinski definition) is 2. The van der Waals surface area contributed by atoms with Crippen molar-refractivity contribution in [1.29, 1.82) is 0 Å². The molecule has 1 aromatic rings. The first-order chi connectivity index (χ1) is 6.20. The van der Waals surface area contributed by atoms with Crippen LogP contribution < -0.4 is 5.32 Å². The maximum absolute atomic E-state index is 9.78. The van der Waals surface area contributed by atoms with Crippen LogP contribution in [0.4, 0.5) is 0 Å². The van der Waals surface area contributed by atoms with Crippen molar-refractivity contribution in [3.8, 4) is 5.75 Å². The largest absolute Gasteiger partial charge is 0.506 e. The maximum Gasteiger partial charge on any atom is 0.134 e. The molecule has 70 valence electrons. The molecule has 0 unspecified atom stereocenters. The summed E-state index contributed by atoms with van der Waals surface area (Å²) in [6, 6.07) is 1.99. The Hall–Kier alpha value is -0.540. The van der Waals surface area contributed by atoms with Crippen LogP contribution in [0, 0.1) is 6.92 Å². The molecule has 1 aromatic carbocycles. The van der Waals surface area contributed by atoms with Gasteiger partial charge in [-0.15, -0.1) is 0 Å². The average molecular weight is 242 g/mol. The second-order valence-electron chi connectivity index (χ2n) is 3.41. The topological polar surface area (TPSA) is 32.3 Å². The molecule has 0 amide bonds. The van der Waals surface area contributed by atoms with Gasteiger partial charge in [0.1, 0.15) is 5.75 Å². The van der Waals surface area contributed by atoms with Crippen molar-refractivity contribution in [2.75, 3.05) is 6.54 Å². The highest BCUT2D eigenvalue weighted by atomic mass is 79.9. The third kappa shape index (κ3) is 1.46. The van der Waals surface area contributed by atoms with E-state index in [4.69, 9.17) is 0 Å². The summed E-state index contributed by atoms with van der Waals surface area (Å²) < 4.78 is 0.799. The number of phenolic OH excluding ortho intramolecular Hbond substituents is 1. The lowest BCUT2D eigenvalue weighted by Crippen LogP contribution is -2.24. The Kier molecular flexibility index (Phi) is 2.30. The van der Waals surface area contributed by atoms with E-state index in [2.05, 4.69) is 28.2 Å². The van der Waals surface area contributed by atoms with E-state index in [9.17, 15) is 5.11 Å². The lowest BCUT2D eigenvalue weighted by atomic mass is 9.95. The number of phenols is 1. The van der Waals surface area contributed by atoms with E-state index in [1.807, 2.05) is 6.07 Å². The van der Waals surface area contributed by atoms with Crippen LogP contribution in [0.2, 0.25) is 0 Å². The molecule has 0 atom stereocenters. The number of rotatable bonds is 0. The Bertz CT molecular complexity index is 349. The zero-order chi connectivity index (χ0) is 9.42. The van der Waals surface area contributed by atoms with Crippen molar-refractivity contribution in [2.24, 2.45) is 0 Å². The zero-order valence-corrected chi connectivity index (χ0v) is 9.11. The van der Waals surface area contributed by atoms with Gasteiger partial charge < -0.3 is 10.4 Å². The summed E-state index contributed by atoms with van der Waals surface area (Å²) in [5, 5.41) is 13.0. The maximum atomic E-state index is 9.78. The minimum atomic E-state index is 0.396. The smallest absolute Gasteiger partial charge is 0.134 e. The number of nitrogens with one attached hydrogen (secondary N) is 1. The minimum Gasteiger partial charge on any atom is -0.506 e. The molecule has 1 aliphatic rings. The lowest BCUT2D eigenvalue weighted by molar-refractivity contribution is 0.455. The number of aromatic hydroxyl groups is 1. The van der Waals surface area contributed by atoms with E-state index in [0.717, 1.165) is 29.5 Å². The van der Waals surface area contributed by atoms with Crippen molar-refractivity contribution in [3.63, 3.8) is 0 Å². The number of halogens is 1. The van der Waals surface area contributed by atoms with E-state index in [1.165, 1.54) is 11.1 Å². The summed E-state index contributed by atoms with van der Waals surface area (Å²) in [5.41, 5.74) is 3.62. The van der Waals surface area contributed by atoms with Crippen molar-refractivity contribution in [1.82, 2.24) is 5.32 Å². The van der Waals surface area contributed by atoms with Gasteiger partial charge in [-0.2, -0.15) is 0 Å². The Labute approximate surface area is 86.1 Å². The van der Waals surface area contributed by atoms with Gasteiger partial charge in [-0.3, -0.25) is 0 Å². The predicted octanol–water partition coefficient (Wildman–Crippen LogP) is 2.11. The van der Waals surface area contributed by atoms with Crippen LogP contribution in [0.25, 0.3) is 0 Å². The molecule has 2 N–H and O–H groups in total. The third-order valence-corrected chi connectivity index (χ3v) is 3.15. The molecule has 0 bridgehead atoms. The van der Waals surface area contributed by atoms with Gasteiger partial charge in [-0.25, -0.2) is 0 Å². The molecule has 1 aliphatic heterocycles. The first-order valence-corrected chi connectivity index (χ1v) is 5.20. The minimum absolute atomic E-state index is 0.396. The third-order valence-electron chi connectivity index (χ3n) is 2.55. The molecule has 0 spiro atoms. The van der Waals surface area contributed by atoms with E-state index < -0.39 is 0 Å². The molecule has 0 aliphatic carbocycles. The highest BCUT2D eigenvalue weighted by molar-refractivity contribution is 9.10. The fourth-order valence-electron chi connectivity index (χ4n) is 1.84. The molecule has 2 rings (SSSR count). The SMILES string of the molecule is Cc1cc(Br)c(O)c2c1CCNC2. The van der Waals surface area contributed by atoms with Crippen LogP contribution in [-0.4, -0.2) is 11.7 Å². The zero-order valence-electron chi connectivity index (χ0n) is 7.52. The predicted molar refractivity (Wildman–Crippen MR) is 56.0 cm³/mol. The van der Waals surface area contributed by atoms with E-state index in [1.54, 1.807) is 0 Å². The second-order valence-corrected chi connectivity index (χ2v) is 4.26. The Morgan fingerprint density at radius 1 is 1.46 bits per heavy atom. The molecule has 1 heterocycles. The van der Waals surface area contributed by atoms with Crippen LogP contribution in [0.1, 0.15) is 16.7 Å². The van der Waals surface area contributed by atoms with Gasteiger partial charge in [-0.05, 0) is 53.0 Å². The quantitative estimate of drug-likeness (QED) is 0.730.